The second kappa shape index (κ2) is 6.46. The van der Waals surface area contributed by atoms with Gasteiger partial charge in [-0.1, -0.05) is 44.9 Å². The molecule has 114 valence electrons. The largest absolute Gasteiger partial charge is 0.334 e. The molecule has 1 aliphatic heterocycles. The van der Waals surface area contributed by atoms with Crippen LogP contribution in [0.25, 0.3) is 0 Å². The lowest BCUT2D eigenvalue weighted by Gasteiger charge is -2.50. The van der Waals surface area contributed by atoms with E-state index in [-0.39, 0.29) is 5.54 Å². The molecule has 0 aromatic heterocycles. The van der Waals surface area contributed by atoms with Gasteiger partial charge in [-0.25, -0.2) is 0 Å². The summed E-state index contributed by atoms with van der Waals surface area (Å²) in [6, 6.07) is 0. The molecule has 2 saturated carbocycles. The molecule has 20 heavy (non-hydrogen) atoms. The van der Waals surface area contributed by atoms with Crippen LogP contribution in [0.5, 0.6) is 0 Å². The molecule has 0 aromatic rings. The van der Waals surface area contributed by atoms with Gasteiger partial charge in [0, 0.05) is 25.6 Å². The number of nitrogens with zero attached hydrogens (tertiary/aromatic N) is 1. The van der Waals surface area contributed by atoms with E-state index in [0.717, 1.165) is 32.5 Å². The van der Waals surface area contributed by atoms with E-state index in [2.05, 4.69) is 10.2 Å². The van der Waals surface area contributed by atoms with Gasteiger partial charge in [-0.3, -0.25) is 4.79 Å². The van der Waals surface area contributed by atoms with Gasteiger partial charge in [-0.15, -0.1) is 0 Å². The Morgan fingerprint density at radius 2 is 1.60 bits per heavy atom. The average Bonchev–Trinajstić information content (AvgIpc) is 2.77. The monoisotopic (exact) mass is 278 g/mol. The highest BCUT2D eigenvalue weighted by Crippen LogP contribution is 2.37. The number of amides is 1. The molecule has 0 radical (unpaired) electrons. The van der Waals surface area contributed by atoms with Crippen LogP contribution in [0.3, 0.4) is 0 Å². The summed E-state index contributed by atoms with van der Waals surface area (Å²) < 4.78 is 0. The van der Waals surface area contributed by atoms with E-state index in [1.165, 1.54) is 57.8 Å². The Bertz CT molecular complexity index is 320. The van der Waals surface area contributed by atoms with Crippen molar-refractivity contribution >= 4 is 5.91 Å². The molecule has 1 spiro atoms. The first-order valence-electron chi connectivity index (χ1n) is 8.84. The summed E-state index contributed by atoms with van der Waals surface area (Å²) >= 11 is 0. The molecule has 1 heterocycles. The fraction of sp³-hybridized carbons (Fsp3) is 0.941. The Morgan fingerprint density at radius 1 is 0.950 bits per heavy atom. The van der Waals surface area contributed by atoms with Crippen LogP contribution in [0.15, 0.2) is 0 Å². The van der Waals surface area contributed by atoms with Crippen LogP contribution in [0.2, 0.25) is 0 Å². The van der Waals surface area contributed by atoms with Crippen LogP contribution in [-0.2, 0) is 4.79 Å². The van der Waals surface area contributed by atoms with Crippen molar-refractivity contribution in [3.05, 3.63) is 0 Å². The lowest BCUT2D eigenvalue weighted by Crippen LogP contribution is -2.64. The Balaban J connectivity index is 1.73. The SMILES string of the molecule is O=C(C1CCCCCC1)N1CCNCC12CCCCC2. The number of nitrogens with one attached hydrogen (secondary N) is 1. The molecule has 0 aromatic carbocycles. The van der Waals surface area contributed by atoms with E-state index < -0.39 is 0 Å². The maximum atomic E-state index is 13.1. The molecule has 3 heteroatoms. The molecular formula is C17H30N2O. The van der Waals surface area contributed by atoms with Crippen molar-refractivity contribution in [2.45, 2.75) is 76.2 Å². The molecule has 3 fully saturated rings. The summed E-state index contributed by atoms with van der Waals surface area (Å²) in [5.41, 5.74) is 0.167. The van der Waals surface area contributed by atoms with Crippen molar-refractivity contribution in [2.24, 2.45) is 5.92 Å². The molecule has 0 unspecified atom stereocenters. The molecule has 3 aliphatic rings. The van der Waals surface area contributed by atoms with Gasteiger partial charge in [0.25, 0.3) is 0 Å². The van der Waals surface area contributed by atoms with Crippen LogP contribution >= 0.6 is 0 Å². The first-order valence-corrected chi connectivity index (χ1v) is 8.84. The highest BCUT2D eigenvalue weighted by atomic mass is 16.2. The van der Waals surface area contributed by atoms with Crippen molar-refractivity contribution in [3.8, 4) is 0 Å². The van der Waals surface area contributed by atoms with Crippen molar-refractivity contribution in [2.75, 3.05) is 19.6 Å². The zero-order valence-corrected chi connectivity index (χ0v) is 12.8. The normalized spacial score (nSPS) is 28.3. The smallest absolute Gasteiger partial charge is 0.226 e. The Kier molecular flexibility index (Phi) is 4.65. The van der Waals surface area contributed by atoms with Gasteiger partial charge < -0.3 is 10.2 Å². The zero-order chi connectivity index (χ0) is 13.8. The third kappa shape index (κ3) is 2.88. The van der Waals surface area contributed by atoms with E-state index in [1.807, 2.05) is 0 Å². The van der Waals surface area contributed by atoms with Crippen molar-refractivity contribution in [3.63, 3.8) is 0 Å². The van der Waals surface area contributed by atoms with Crippen LogP contribution in [-0.4, -0.2) is 36.0 Å². The topological polar surface area (TPSA) is 32.3 Å². The number of carbonyl (C=O) groups is 1. The molecule has 3 rings (SSSR count). The molecule has 1 N–H and O–H groups in total. The maximum absolute atomic E-state index is 13.1. The van der Waals surface area contributed by atoms with Gasteiger partial charge in [-0.2, -0.15) is 0 Å². The summed E-state index contributed by atoms with van der Waals surface area (Å²) in [6.07, 6.45) is 13.9. The Labute approximate surface area is 123 Å². The Morgan fingerprint density at radius 3 is 2.30 bits per heavy atom. The molecule has 2 aliphatic carbocycles. The van der Waals surface area contributed by atoms with E-state index >= 15 is 0 Å². The van der Waals surface area contributed by atoms with Crippen molar-refractivity contribution < 1.29 is 4.79 Å². The maximum Gasteiger partial charge on any atom is 0.226 e. The summed E-state index contributed by atoms with van der Waals surface area (Å²) in [5, 5.41) is 3.55. The lowest BCUT2D eigenvalue weighted by molar-refractivity contribution is -0.145. The molecule has 3 nitrogen and oxygen atoms in total. The highest BCUT2D eigenvalue weighted by Gasteiger charge is 2.43. The number of piperazine rings is 1. The number of hydrogen-bond donors (Lipinski definition) is 1. The quantitative estimate of drug-likeness (QED) is 0.748. The van der Waals surface area contributed by atoms with E-state index in [1.54, 1.807) is 0 Å². The molecule has 1 saturated heterocycles. The summed E-state index contributed by atoms with van der Waals surface area (Å²) in [5.74, 6) is 0.824. The minimum Gasteiger partial charge on any atom is -0.334 e. The fourth-order valence-electron chi connectivity index (χ4n) is 4.59. The van der Waals surface area contributed by atoms with Gasteiger partial charge >= 0.3 is 0 Å². The van der Waals surface area contributed by atoms with E-state index in [4.69, 9.17) is 0 Å². The third-order valence-corrected chi connectivity index (χ3v) is 5.79. The molecule has 0 atom stereocenters. The minimum atomic E-state index is 0.167. The summed E-state index contributed by atoms with van der Waals surface area (Å²) in [6.45, 7) is 2.96. The summed E-state index contributed by atoms with van der Waals surface area (Å²) in [7, 11) is 0. The van der Waals surface area contributed by atoms with Crippen molar-refractivity contribution in [1.29, 1.82) is 0 Å². The van der Waals surface area contributed by atoms with Gasteiger partial charge in [0.05, 0.1) is 5.54 Å². The summed E-state index contributed by atoms with van der Waals surface area (Å²) in [4.78, 5) is 15.4. The van der Waals surface area contributed by atoms with Gasteiger partial charge in [0.2, 0.25) is 5.91 Å². The predicted octanol–water partition coefficient (Wildman–Crippen LogP) is 3.09. The van der Waals surface area contributed by atoms with Gasteiger partial charge in [-0.05, 0) is 25.7 Å². The van der Waals surface area contributed by atoms with Gasteiger partial charge in [0.15, 0.2) is 0 Å². The van der Waals surface area contributed by atoms with Gasteiger partial charge in [0.1, 0.15) is 0 Å². The minimum absolute atomic E-state index is 0.167. The first-order chi connectivity index (χ1) is 9.82. The molecule has 1 amide bonds. The third-order valence-electron chi connectivity index (χ3n) is 5.79. The molecule has 0 bridgehead atoms. The second-order valence-corrected chi connectivity index (χ2v) is 7.14. The second-order valence-electron chi connectivity index (χ2n) is 7.14. The fourth-order valence-corrected chi connectivity index (χ4v) is 4.59. The van der Waals surface area contributed by atoms with Crippen LogP contribution < -0.4 is 5.32 Å². The average molecular weight is 278 g/mol. The number of rotatable bonds is 1. The first kappa shape index (κ1) is 14.4. The van der Waals surface area contributed by atoms with Crippen molar-refractivity contribution in [1.82, 2.24) is 10.2 Å². The lowest BCUT2D eigenvalue weighted by atomic mass is 9.78. The molecular weight excluding hydrogens is 248 g/mol. The highest BCUT2D eigenvalue weighted by molar-refractivity contribution is 5.80. The zero-order valence-electron chi connectivity index (χ0n) is 12.8. The van der Waals surface area contributed by atoms with E-state index in [0.29, 0.717) is 11.8 Å². The number of hydrogen-bond acceptors (Lipinski definition) is 2. The van der Waals surface area contributed by atoms with Crippen LogP contribution in [0.1, 0.15) is 70.6 Å². The van der Waals surface area contributed by atoms with Crippen LogP contribution in [0.4, 0.5) is 0 Å². The van der Waals surface area contributed by atoms with E-state index in [9.17, 15) is 4.79 Å². The Hall–Kier alpha value is -0.570. The van der Waals surface area contributed by atoms with Crippen LogP contribution in [0, 0.1) is 5.92 Å². The standard InChI is InChI=1S/C17H30N2O/c20-16(15-8-4-1-2-5-9-15)19-13-12-18-14-17(19)10-6-3-7-11-17/h15,18H,1-14H2. The predicted molar refractivity (Wildman–Crippen MR) is 81.6 cm³/mol. The number of carbonyl (C=O) groups excluding carboxylic acids is 1.